The number of hydrogen-bond donors (Lipinski definition) is 0. The molecule has 0 saturated heterocycles. The van der Waals surface area contributed by atoms with E-state index < -0.39 is 5.92 Å². The van der Waals surface area contributed by atoms with Crippen LogP contribution < -0.4 is 0 Å². The maximum Gasteiger partial charge on any atom is 0.270 e. The Hall–Kier alpha value is -1.32. The average Bonchev–Trinajstić information content (AvgIpc) is 2.01. The van der Waals surface area contributed by atoms with Crippen molar-refractivity contribution in [1.29, 1.82) is 0 Å². The van der Waals surface area contributed by atoms with Crippen LogP contribution in [0, 0.1) is 6.92 Å². The number of alkyl halides is 2. The number of pyridine rings is 1. The minimum atomic E-state index is -2.93. The molecule has 1 heterocycles. The highest BCUT2D eigenvalue weighted by molar-refractivity contribution is 5.93. The van der Waals surface area contributed by atoms with E-state index in [1.54, 1.807) is 0 Å². The van der Waals surface area contributed by atoms with E-state index in [1.807, 2.05) is 0 Å². The molecule has 14 heavy (non-hydrogen) atoms. The summed E-state index contributed by atoms with van der Waals surface area (Å²) in [6, 6.07) is 1.24. The van der Waals surface area contributed by atoms with Crippen LogP contribution in [0.1, 0.15) is 35.5 Å². The number of carbonyl (C=O) groups excluding carboxylic acids is 1. The first-order valence-corrected chi connectivity index (χ1v) is 4.19. The minimum absolute atomic E-state index is 0.115. The lowest BCUT2D eigenvalue weighted by molar-refractivity contribution is 0.0167. The molecule has 0 fully saturated rings. The lowest BCUT2D eigenvalue weighted by Crippen LogP contribution is -2.13. The molecule has 0 amide bonds. The number of rotatable bonds is 2. The lowest BCUT2D eigenvalue weighted by atomic mass is 10.0. The van der Waals surface area contributed by atoms with Crippen LogP contribution in [0.5, 0.6) is 0 Å². The zero-order valence-corrected chi connectivity index (χ0v) is 8.27. The van der Waals surface area contributed by atoms with Gasteiger partial charge in [0.05, 0.1) is 0 Å². The Morgan fingerprint density at radius 1 is 1.50 bits per heavy atom. The normalized spacial score (nSPS) is 11.5. The van der Waals surface area contributed by atoms with Crippen LogP contribution in [0.4, 0.5) is 8.78 Å². The van der Waals surface area contributed by atoms with Crippen LogP contribution in [0.25, 0.3) is 0 Å². The molecule has 0 atom stereocenters. The summed E-state index contributed by atoms with van der Waals surface area (Å²) >= 11 is 0. The van der Waals surface area contributed by atoms with E-state index in [0.29, 0.717) is 0 Å². The molecule has 2 nitrogen and oxygen atoms in total. The second-order valence-corrected chi connectivity index (χ2v) is 3.28. The molecule has 0 aromatic carbocycles. The summed E-state index contributed by atoms with van der Waals surface area (Å²) in [5.41, 5.74) is 0.231. The first kappa shape index (κ1) is 10.8. The number of ketones is 1. The van der Waals surface area contributed by atoms with Crippen LogP contribution in [-0.2, 0) is 5.92 Å². The zero-order chi connectivity index (χ0) is 10.9. The Labute approximate surface area is 81.0 Å². The first-order chi connectivity index (χ1) is 6.34. The van der Waals surface area contributed by atoms with Gasteiger partial charge in [-0.2, -0.15) is 0 Å². The van der Waals surface area contributed by atoms with E-state index in [2.05, 4.69) is 4.98 Å². The van der Waals surface area contributed by atoms with Crippen molar-refractivity contribution in [2.24, 2.45) is 0 Å². The SMILES string of the molecule is CC(=O)c1nccc(C(C)(F)F)c1C. The summed E-state index contributed by atoms with van der Waals surface area (Å²) in [7, 11) is 0. The topological polar surface area (TPSA) is 30.0 Å². The highest BCUT2D eigenvalue weighted by Crippen LogP contribution is 2.30. The molecule has 0 aliphatic rings. The smallest absolute Gasteiger partial charge is 0.270 e. The van der Waals surface area contributed by atoms with E-state index in [-0.39, 0.29) is 22.6 Å². The maximum absolute atomic E-state index is 13.0. The minimum Gasteiger partial charge on any atom is -0.293 e. The Morgan fingerprint density at radius 2 is 2.07 bits per heavy atom. The van der Waals surface area contributed by atoms with Crippen LogP contribution in [0.2, 0.25) is 0 Å². The average molecular weight is 199 g/mol. The fourth-order valence-electron chi connectivity index (χ4n) is 1.37. The number of Topliss-reactive ketones (excluding diaryl/α,β-unsaturated/α-hetero) is 1. The van der Waals surface area contributed by atoms with E-state index in [4.69, 9.17) is 0 Å². The third-order valence-electron chi connectivity index (χ3n) is 2.01. The molecular formula is C10H11F2NO. The lowest BCUT2D eigenvalue weighted by Gasteiger charge is -2.14. The number of aromatic nitrogens is 1. The first-order valence-electron chi connectivity index (χ1n) is 4.19. The number of hydrogen-bond acceptors (Lipinski definition) is 2. The van der Waals surface area contributed by atoms with Crippen LogP contribution in [-0.4, -0.2) is 10.8 Å². The molecule has 0 spiro atoms. The number of nitrogens with zero attached hydrogens (tertiary/aromatic N) is 1. The summed E-state index contributed by atoms with van der Waals surface area (Å²) in [6.45, 7) is 3.60. The van der Waals surface area contributed by atoms with Gasteiger partial charge in [-0.25, -0.2) is 8.78 Å². The van der Waals surface area contributed by atoms with Gasteiger partial charge in [0.15, 0.2) is 5.78 Å². The Kier molecular flexibility index (Phi) is 2.64. The second-order valence-electron chi connectivity index (χ2n) is 3.28. The fourth-order valence-corrected chi connectivity index (χ4v) is 1.37. The van der Waals surface area contributed by atoms with Gasteiger partial charge in [-0.05, 0) is 18.6 Å². The Bertz CT molecular complexity index is 369. The summed E-state index contributed by atoms with van der Waals surface area (Å²) in [6.07, 6.45) is 1.23. The van der Waals surface area contributed by atoms with Crippen molar-refractivity contribution in [3.8, 4) is 0 Å². The van der Waals surface area contributed by atoms with Gasteiger partial charge in [-0.1, -0.05) is 0 Å². The molecule has 4 heteroatoms. The molecule has 76 valence electrons. The quantitative estimate of drug-likeness (QED) is 0.685. The number of halogens is 2. The standard InChI is InChI=1S/C10H11F2NO/c1-6-8(10(3,11)12)4-5-13-9(6)7(2)14/h4-5H,1-3H3. The van der Waals surface area contributed by atoms with Crippen molar-refractivity contribution >= 4 is 5.78 Å². The molecular weight excluding hydrogens is 188 g/mol. The molecule has 0 aliphatic carbocycles. The van der Waals surface area contributed by atoms with Gasteiger partial charge >= 0.3 is 0 Å². The highest BCUT2D eigenvalue weighted by atomic mass is 19.3. The van der Waals surface area contributed by atoms with E-state index in [1.165, 1.54) is 26.1 Å². The molecule has 0 N–H and O–H groups in total. The molecule has 0 aliphatic heterocycles. The van der Waals surface area contributed by atoms with Crippen molar-refractivity contribution in [3.05, 3.63) is 29.1 Å². The Balaban J connectivity index is 3.35. The van der Waals surface area contributed by atoms with Crippen LogP contribution >= 0.6 is 0 Å². The van der Waals surface area contributed by atoms with Gasteiger partial charge in [0.25, 0.3) is 5.92 Å². The third-order valence-corrected chi connectivity index (χ3v) is 2.01. The highest BCUT2D eigenvalue weighted by Gasteiger charge is 2.28. The fraction of sp³-hybridized carbons (Fsp3) is 0.400. The summed E-state index contributed by atoms with van der Waals surface area (Å²) in [5, 5.41) is 0. The molecule has 0 saturated carbocycles. The van der Waals surface area contributed by atoms with Gasteiger partial charge in [-0.15, -0.1) is 0 Å². The van der Waals surface area contributed by atoms with Crippen molar-refractivity contribution in [2.45, 2.75) is 26.7 Å². The molecule has 1 aromatic heterocycles. The zero-order valence-electron chi connectivity index (χ0n) is 8.27. The van der Waals surface area contributed by atoms with Crippen LogP contribution in [0.3, 0.4) is 0 Å². The molecule has 0 bridgehead atoms. The van der Waals surface area contributed by atoms with Crippen LogP contribution in [0.15, 0.2) is 12.3 Å². The predicted molar refractivity (Wildman–Crippen MR) is 48.5 cm³/mol. The van der Waals surface area contributed by atoms with E-state index in [9.17, 15) is 13.6 Å². The van der Waals surface area contributed by atoms with Gasteiger partial charge in [-0.3, -0.25) is 9.78 Å². The molecule has 1 rings (SSSR count). The monoisotopic (exact) mass is 199 g/mol. The van der Waals surface area contributed by atoms with Crippen molar-refractivity contribution < 1.29 is 13.6 Å². The Morgan fingerprint density at radius 3 is 2.50 bits per heavy atom. The predicted octanol–water partition coefficient (Wildman–Crippen LogP) is 2.70. The summed E-state index contributed by atoms with van der Waals surface area (Å²) in [4.78, 5) is 14.8. The molecule has 0 radical (unpaired) electrons. The molecule has 0 unspecified atom stereocenters. The van der Waals surface area contributed by atoms with Crippen molar-refractivity contribution in [3.63, 3.8) is 0 Å². The van der Waals surface area contributed by atoms with E-state index in [0.717, 1.165) is 6.92 Å². The van der Waals surface area contributed by atoms with E-state index >= 15 is 0 Å². The van der Waals surface area contributed by atoms with Gasteiger partial charge in [0.1, 0.15) is 5.69 Å². The van der Waals surface area contributed by atoms with Gasteiger partial charge in [0.2, 0.25) is 0 Å². The third kappa shape index (κ3) is 1.95. The largest absolute Gasteiger partial charge is 0.293 e. The molecule has 1 aromatic rings. The summed E-state index contributed by atoms with van der Waals surface area (Å²) in [5.74, 6) is -3.23. The number of carbonyl (C=O) groups is 1. The van der Waals surface area contributed by atoms with Gasteiger partial charge in [0, 0.05) is 25.6 Å². The van der Waals surface area contributed by atoms with Crippen molar-refractivity contribution in [2.75, 3.05) is 0 Å². The van der Waals surface area contributed by atoms with Gasteiger partial charge < -0.3 is 0 Å². The second kappa shape index (κ2) is 3.44. The van der Waals surface area contributed by atoms with Crippen molar-refractivity contribution in [1.82, 2.24) is 4.98 Å². The maximum atomic E-state index is 13.0. The summed E-state index contributed by atoms with van der Waals surface area (Å²) < 4.78 is 26.0.